The summed E-state index contributed by atoms with van der Waals surface area (Å²) in [6.07, 6.45) is 3.19. The fraction of sp³-hybridized carbons (Fsp3) is 0. The molecule has 1 amide bonds. The highest BCUT2D eigenvalue weighted by molar-refractivity contribution is 9.11. The molecule has 6 nitrogen and oxygen atoms in total. The number of rotatable bonds is 4. The van der Waals surface area contributed by atoms with Gasteiger partial charge in [0.05, 0.1) is 3.79 Å². The lowest BCUT2D eigenvalue weighted by Gasteiger charge is -2.03. The molecule has 116 valence electrons. The second-order valence-corrected chi connectivity index (χ2v) is 6.82. The molecule has 0 aliphatic rings. The summed E-state index contributed by atoms with van der Waals surface area (Å²) in [4.78, 5) is 25.4. The van der Waals surface area contributed by atoms with E-state index in [1.807, 2.05) is 11.4 Å². The van der Waals surface area contributed by atoms with Gasteiger partial charge in [-0.15, -0.1) is 11.3 Å². The molecule has 0 saturated carbocycles. The van der Waals surface area contributed by atoms with Crippen LogP contribution in [-0.4, -0.2) is 16.0 Å². The average molecular weight is 392 g/mol. The highest BCUT2D eigenvalue weighted by atomic mass is 79.9. The van der Waals surface area contributed by atoms with Crippen LogP contribution in [0.4, 0.5) is 5.69 Å². The van der Waals surface area contributed by atoms with E-state index in [-0.39, 0.29) is 5.91 Å². The van der Waals surface area contributed by atoms with E-state index in [1.54, 1.807) is 41.7 Å². The van der Waals surface area contributed by atoms with Gasteiger partial charge in [0, 0.05) is 17.3 Å². The van der Waals surface area contributed by atoms with Gasteiger partial charge < -0.3 is 5.32 Å². The number of amides is 1. The SMILES string of the molecule is O=C(C=Cc1csc(Br)c1)Nc1cccc(-c2noc(=O)[nH]2)c1. The quantitative estimate of drug-likeness (QED) is 0.666. The third-order valence-corrected chi connectivity index (χ3v) is 4.38. The number of aromatic amines is 1. The second-order valence-electron chi connectivity index (χ2n) is 4.53. The molecule has 0 spiro atoms. The Hall–Kier alpha value is -2.45. The van der Waals surface area contributed by atoms with E-state index in [2.05, 4.69) is 35.9 Å². The first kappa shape index (κ1) is 15.4. The third-order valence-electron chi connectivity index (χ3n) is 2.86. The molecule has 0 bridgehead atoms. The molecular formula is C15H10BrN3O3S. The number of H-pyrrole nitrogens is 1. The first-order valence-corrected chi connectivity index (χ1v) is 8.17. The minimum atomic E-state index is -0.626. The lowest BCUT2D eigenvalue weighted by molar-refractivity contribution is -0.111. The number of carbonyl (C=O) groups excluding carboxylic acids is 1. The van der Waals surface area contributed by atoms with Gasteiger partial charge in [-0.25, -0.2) is 4.79 Å². The molecule has 0 atom stereocenters. The number of aromatic nitrogens is 2. The summed E-state index contributed by atoms with van der Waals surface area (Å²) in [5, 5.41) is 8.30. The van der Waals surface area contributed by atoms with Gasteiger partial charge in [0.25, 0.3) is 0 Å². The van der Waals surface area contributed by atoms with Gasteiger partial charge in [-0.3, -0.25) is 14.3 Å². The van der Waals surface area contributed by atoms with Crippen LogP contribution >= 0.6 is 27.3 Å². The van der Waals surface area contributed by atoms with Crippen molar-refractivity contribution in [2.75, 3.05) is 5.32 Å². The van der Waals surface area contributed by atoms with Crippen molar-refractivity contribution in [2.45, 2.75) is 0 Å². The summed E-state index contributed by atoms with van der Waals surface area (Å²) in [7, 11) is 0. The monoisotopic (exact) mass is 391 g/mol. The van der Waals surface area contributed by atoms with Gasteiger partial charge in [0.2, 0.25) is 5.91 Å². The molecular weight excluding hydrogens is 382 g/mol. The number of nitrogens with zero attached hydrogens (tertiary/aromatic N) is 1. The van der Waals surface area contributed by atoms with Gasteiger partial charge >= 0.3 is 5.76 Å². The van der Waals surface area contributed by atoms with Crippen LogP contribution in [0.25, 0.3) is 17.5 Å². The minimum absolute atomic E-state index is 0.252. The summed E-state index contributed by atoms with van der Waals surface area (Å²) in [6, 6.07) is 8.87. The Morgan fingerprint density at radius 1 is 1.39 bits per heavy atom. The molecule has 8 heteroatoms. The highest BCUT2D eigenvalue weighted by Crippen LogP contribution is 2.22. The van der Waals surface area contributed by atoms with Crippen molar-refractivity contribution < 1.29 is 9.32 Å². The number of nitrogens with one attached hydrogen (secondary N) is 2. The number of carbonyl (C=O) groups is 1. The summed E-state index contributed by atoms with van der Waals surface area (Å²) in [6.45, 7) is 0. The second kappa shape index (κ2) is 6.76. The molecule has 0 aliphatic heterocycles. The normalized spacial score (nSPS) is 11.0. The lowest BCUT2D eigenvalue weighted by atomic mass is 10.2. The molecule has 3 rings (SSSR count). The van der Waals surface area contributed by atoms with Crippen LogP contribution in [0, 0.1) is 0 Å². The minimum Gasteiger partial charge on any atom is -0.322 e. The van der Waals surface area contributed by atoms with E-state index in [1.165, 1.54) is 6.08 Å². The molecule has 2 heterocycles. The number of thiophene rings is 1. The van der Waals surface area contributed by atoms with Crippen molar-refractivity contribution in [1.29, 1.82) is 0 Å². The van der Waals surface area contributed by atoms with Crippen molar-refractivity contribution in [3.8, 4) is 11.4 Å². The average Bonchev–Trinajstić information content (AvgIpc) is 3.14. The Balaban J connectivity index is 1.71. The fourth-order valence-electron chi connectivity index (χ4n) is 1.87. The van der Waals surface area contributed by atoms with Crippen LogP contribution < -0.4 is 11.1 Å². The summed E-state index contributed by atoms with van der Waals surface area (Å²) in [5.74, 6) is -0.567. The lowest BCUT2D eigenvalue weighted by Crippen LogP contribution is -2.07. The van der Waals surface area contributed by atoms with Crippen molar-refractivity contribution >= 4 is 44.9 Å². The molecule has 2 N–H and O–H groups in total. The van der Waals surface area contributed by atoms with Crippen molar-refractivity contribution in [1.82, 2.24) is 10.1 Å². The molecule has 0 saturated heterocycles. The molecule has 0 unspecified atom stereocenters. The van der Waals surface area contributed by atoms with Crippen molar-refractivity contribution in [3.63, 3.8) is 0 Å². The van der Waals surface area contributed by atoms with Gasteiger partial charge in [0.1, 0.15) is 0 Å². The van der Waals surface area contributed by atoms with E-state index in [9.17, 15) is 9.59 Å². The zero-order chi connectivity index (χ0) is 16.2. The van der Waals surface area contributed by atoms with Gasteiger partial charge in [0.15, 0.2) is 5.82 Å². The van der Waals surface area contributed by atoms with E-state index in [0.29, 0.717) is 17.1 Å². The van der Waals surface area contributed by atoms with Crippen LogP contribution in [0.3, 0.4) is 0 Å². The smallest absolute Gasteiger partial charge is 0.322 e. The largest absolute Gasteiger partial charge is 0.439 e. The maximum absolute atomic E-state index is 11.9. The maximum Gasteiger partial charge on any atom is 0.439 e. The molecule has 3 aromatic rings. The summed E-state index contributed by atoms with van der Waals surface area (Å²) >= 11 is 4.92. The maximum atomic E-state index is 11.9. The zero-order valence-corrected chi connectivity index (χ0v) is 14.0. The Labute approximate surface area is 143 Å². The number of anilines is 1. The van der Waals surface area contributed by atoms with Crippen molar-refractivity contribution in [3.05, 3.63) is 61.7 Å². The fourth-order valence-corrected chi connectivity index (χ4v) is 3.01. The van der Waals surface area contributed by atoms with Crippen LogP contribution in [0.1, 0.15) is 5.56 Å². The topological polar surface area (TPSA) is 88.0 Å². The van der Waals surface area contributed by atoms with Crippen LogP contribution in [0.5, 0.6) is 0 Å². The first-order chi connectivity index (χ1) is 11.1. The van der Waals surface area contributed by atoms with Gasteiger partial charge in [-0.2, -0.15) is 0 Å². The van der Waals surface area contributed by atoms with E-state index >= 15 is 0 Å². The Bertz CT molecular complexity index is 926. The molecule has 0 radical (unpaired) electrons. The molecule has 1 aromatic carbocycles. The number of benzene rings is 1. The first-order valence-electron chi connectivity index (χ1n) is 6.50. The van der Waals surface area contributed by atoms with Gasteiger partial charge in [-0.1, -0.05) is 17.3 Å². The van der Waals surface area contributed by atoms with Crippen LogP contribution in [0.15, 0.2) is 54.9 Å². The van der Waals surface area contributed by atoms with Crippen LogP contribution in [-0.2, 0) is 4.79 Å². The molecule has 23 heavy (non-hydrogen) atoms. The number of halogens is 1. The van der Waals surface area contributed by atoms with Crippen molar-refractivity contribution in [2.24, 2.45) is 0 Å². The summed E-state index contributed by atoms with van der Waals surface area (Å²) in [5.41, 5.74) is 2.18. The molecule has 0 fully saturated rings. The molecule has 2 aromatic heterocycles. The number of hydrogen-bond acceptors (Lipinski definition) is 5. The summed E-state index contributed by atoms with van der Waals surface area (Å²) < 4.78 is 5.47. The van der Waals surface area contributed by atoms with E-state index in [4.69, 9.17) is 0 Å². The Morgan fingerprint density at radius 2 is 2.26 bits per heavy atom. The zero-order valence-electron chi connectivity index (χ0n) is 11.6. The number of hydrogen-bond donors (Lipinski definition) is 2. The molecule has 0 aliphatic carbocycles. The predicted molar refractivity (Wildman–Crippen MR) is 92.2 cm³/mol. The third kappa shape index (κ3) is 4.05. The Kier molecular flexibility index (Phi) is 4.54. The Morgan fingerprint density at radius 3 is 2.96 bits per heavy atom. The van der Waals surface area contributed by atoms with E-state index < -0.39 is 5.76 Å². The van der Waals surface area contributed by atoms with Crippen LogP contribution in [0.2, 0.25) is 0 Å². The highest BCUT2D eigenvalue weighted by Gasteiger charge is 2.06. The predicted octanol–water partition coefficient (Wildman–Crippen LogP) is 3.51. The standard InChI is InChI=1S/C15H10BrN3O3S/c16-12-6-9(8-23-12)4-5-13(20)17-11-3-1-2-10(7-11)14-18-15(21)22-19-14/h1-8H,(H,17,20)(H,18,19,21). The van der Waals surface area contributed by atoms with Gasteiger partial charge in [-0.05, 0) is 51.1 Å². The van der Waals surface area contributed by atoms with E-state index in [0.717, 1.165) is 9.35 Å².